The van der Waals surface area contributed by atoms with Crippen molar-refractivity contribution >= 4 is 106 Å². The van der Waals surface area contributed by atoms with Crippen LogP contribution in [0.3, 0.4) is 0 Å². The molecular formula is C80H104N16O21. The van der Waals surface area contributed by atoms with Crippen molar-refractivity contribution in [3.05, 3.63) is 154 Å². The zero-order valence-electron chi connectivity index (χ0n) is 67.4. The molecule has 0 aliphatic heterocycles. The number of nitro groups is 1. The van der Waals surface area contributed by atoms with Gasteiger partial charge in [0, 0.05) is 56.3 Å². The second-order valence-corrected chi connectivity index (χ2v) is 29.7. The van der Waals surface area contributed by atoms with Crippen LogP contribution in [0.4, 0.5) is 37.1 Å². The van der Waals surface area contributed by atoms with Crippen molar-refractivity contribution < 1.29 is 95.7 Å². The van der Waals surface area contributed by atoms with Crippen LogP contribution in [0.25, 0.3) is 11.1 Å². The first-order valence-electron chi connectivity index (χ1n) is 37.8. The number of primary amides is 1. The molecule has 7 atom stereocenters. The van der Waals surface area contributed by atoms with E-state index in [2.05, 4.69) is 63.4 Å². The predicted octanol–water partition coefficient (Wildman–Crippen LogP) is 5.30. The van der Waals surface area contributed by atoms with Crippen LogP contribution in [0.1, 0.15) is 125 Å². The number of fused-ring (bicyclic) bond motifs is 3. The molecule has 0 unspecified atom stereocenters. The number of carbonyl (C=O) groups is 14. The number of carbonyl (C=O) groups excluding carboxylic acids is 14. The Morgan fingerprint density at radius 1 is 0.547 bits per heavy atom. The first-order chi connectivity index (χ1) is 55.3. The summed E-state index contributed by atoms with van der Waals surface area (Å²) < 4.78 is 28.0. The number of ether oxygens (including phenoxy) is 5. The number of rotatable bonds is 41. The van der Waals surface area contributed by atoms with Gasteiger partial charge in [-0.3, -0.25) is 63.0 Å². The van der Waals surface area contributed by atoms with Gasteiger partial charge in [-0.15, -0.1) is 0 Å². The van der Waals surface area contributed by atoms with Gasteiger partial charge in [-0.2, -0.15) is 10.2 Å². The van der Waals surface area contributed by atoms with Crippen LogP contribution in [0.2, 0.25) is 0 Å². The Labute approximate surface area is 676 Å². The summed E-state index contributed by atoms with van der Waals surface area (Å²) in [5.74, 6) is -11.1. The maximum Gasteiger partial charge on any atom is 0.410 e. The quantitative estimate of drug-likeness (QED) is 0.00777. The van der Waals surface area contributed by atoms with E-state index < -0.39 is 187 Å². The third kappa shape index (κ3) is 31.6. The molecule has 630 valence electrons. The van der Waals surface area contributed by atoms with E-state index in [0.29, 0.717) is 23.5 Å². The Balaban J connectivity index is 1.13. The zero-order valence-corrected chi connectivity index (χ0v) is 67.4. The molecule has 5 aromatic rings. The van der Waals surface area contributed by atoms with Crippen molar-refractivity contribution in [2.75, 3.05) is 63.9 Å². The monoisotopic (exact) mass is 1620 g/mol. The molecule has 37 heteroatoms. The van der Waals surface area contributed by atoms with Gasteiger partial charge in [0.2, 0.25) is 53.2 Å². The number of hydrogen-bond acceptors (Lipinski definition) is 24. The maximum atomic E-state index is 14.5. The minimum absolute atomic E-state index is 0.00320. The summed E-state index contributed by atoms with van der Waals surface area (Å²) in [6.07, 6.45) is -5.84. The van der Waals surface area contributed by atoms with E-state index in [0.717, 1.165) is 27.9 Å². The number of non-ortho nitro benzene ring substituents is 1. The fraction of sp³-hybridized carbons (Fsp3) is 0.450. The zero-order chi connectivity index (χ0) is 86.3. The fourth-order valence-corrected chi connectivity index (χ4v) is 11.6. The summed E-state index contributed by atoms with van der Waals surface area (Å²) in [5.41, 5.74) is 8.88. The van der Waals surface area contributed by atoms with Crippen molar-refractivity contribution in [3.8, 4) is 11.1 Å². The third-order valence-electron chi connectivity index (χ3n) is 17.4. The molecule has 0 heterocycles. The molecule has 0 spiro atoms. The van der Waals surface area contributed by atoms with Gasteiger partial charge in [-0.1, -0.05) is 92.7 Å². The summed E-state index contributed by atoms with van der Waals surface area (Å²) >= 11 is 0. The van der Waals surface area contributed by atoms with E-state index in [-0.39, 0.29) is 50.2 Å². The van der Waals surface area contributed by atoms with E-state index in [9.17, 15) is 77.2 Å². The second-order valence-electron chi connectivity index (χ2n) is 29.7. The molecular weight excluding hydrogens is 1520 g/mol. The van der Waals surface area contributed by atoms with Crippen LogP contribution >= 0.6 is 0 Å². The molecule has 0 saturated heterocycles. The second kappa shape index (κ2) is 44.5. The van der Waals surface area contributed by atoms with Gasteiger partial charge < -0.3 is 87.5 Å². The number of azo groups is 1. The number of hydrogen-bond donors (Lipinski definition) is 11. The molecule has 12 N–H and O–H groups in total. The molecule has 37 nitrogen and oxygen atoms in total. The van der Waals surface area contributed by atoms with Gasteiger partial charge >= 0.3 is 30.2 Å². The molecule has 0 radical (unpaired) electrons. The predicted molar refractivity (Wildman–Crippen MR) is 425 cm³/mol. The number of nitro benzene ring substituents is 1. The first kappa shape index (κ1) is 92.7. The number of likely N-dealkylation sites (N-methyl/N-ethyl adjacent to an activating group) is 1. The lowest BCUT2D eigenvalue weighted by molar-refractivity contribution is -0.384. The molecule has 0 bridgehead atoms. The number of benzene rings is 5. The van der Waals surface area contributed by atoms with Gasteiger partial charge in [-0.25, -0.2) is 19.2 Å². The number of anilines is 1. The largest absolute Gasteiger partial charge is 0.460 e. The lowest BCUT2D eigenvalue weighted by Crippen LogP contribution is -2.61. The Bertz CT molecular complexity index is 4320. The van der Waals surface area contributed by atoms with Gasteiger partial charge in [0.15, 0.2) is 0 Å². The van der Waals surface area contributed by atoms with E-state index >= 15 is 0 Å². The number of nitrogens with zero attached hydrogens (tertiary/aromatic N) is 5. The highest BCUT2D eigenvalue weighted by Crippen LogP contribution is 2.44. The van der Waals surface area contributed by atoms with Crippen LogP contribution in [0.15, 0.2) is 138 Å². The molecule has 6 rings (SSSR count). The van der Waals surface area contributed by atoms with Crippen LogP contribution in [0, 0.1) is 16.0 Å². The first-order valence-corrected chi connectivity index (χ1v) is 37.8. The lowest BCUT2D eigenvalue weighted by atomic mass is 9.98. The average Bonchev–Trinajstić information content (AvgIpc) is 1.61. The van der Waals surface area contributed by atoms with E-state index in [1.165, 1.54) is 49.9 Å². The molecule has 0 fully saturated rings. The average molecular weight is 1630 g/mol. The minimum Gasteiger partial charge on any atom is -0.460 e. The normalized spacial score (nSPS) is 13.4. The standard InChI is InChI=1S/C80H104N16O21/c1-13-94(54-31-27-52(28-32-54)92-93-53-29-33-55(34-30-53)96(111)112)37-38-95(78(110)114-46-60-58-25-19-17-23-56(58)57-24-18-20-26-59(57)60)44-67(100)83-43-66(99)86-49(5)71(103)88-61(75(107)116-79(7,8)9)35-36-68(101)115-50(6)69(91-76(108)113-45-51-21-15-14-16-22-51)74(106)84-40-63(73(105)87-48(4)70(102)85-42-65(98)82-41-64(81)97)89-72(104)62(39-47(2)3)90-77(109)117-80(10,11)12/h14-34,47-50,60-63,69H,13,35-46H2,1-12H3,(H2,81,97)(H,82,98)(H,83,100)(H,84,106)(H,85,102)(H,86,99)(H,87,105)(H,88,103)(H,89,104)(H,90,109)(H,91,108)/t48-,49-,50+,61-,62-,63+,69-/m0/s1. The SMILES string of the molecule is CCN(CCN(CC(=O)NCC(=O)N[C@@H](C)C(=O)N[C@@H](CCC(=O)O[C@H](C)[C@H](NC(=O)OCc1ccccc1)C(=O)NC[C@@H](NC(=O)[C@H](CC(C)C)NC(=O)OC(C)(C)C)C(=O)N[C@@H](C)C(=O)NCC(=O)NCC(N)=O)C(=O)OC(C)(C)C)C(=O)OCC1c2ccccc2-c2ccccc21)c1ccc(N=Nc2ccc([N+](=O)[O-])cc2)cc1. The Morgan fingerprint density at radius 3 is 1.68 bits per heavy atom. The maximum absolute atomic E-state index is 14.5. The topological polar surface area (TPSA) is 506 Å². The highest BCUT2D eigenvalue weighted by atomic mass is 16.6. The van der Waals surface area contributed by atoms with Crippen molar-refractivity contribution in [1.82, 2.24) is 58.1 Å². The lowest BCUT2D eigenvalue weighted by Gasteiger charge is -2.28. The minimum atomic E-state index is -1.87. The van der Waals surface area contributed by atoms with Crippen LogP contribution < -0.4 is 63.8 Å². The van der Waals surface area contributed by atoms with Gasteiger partial charge in [0.25, 0.3) is 5.69 Å². The summed E-state index contributed by atoms with van der Waals surface area (Å²) in [6.45, 7) is 15.4. The molecule has 1 aliphatic carbocycles. The van der Waals surface area contributed by atoms with Gasteiger partial charge in [-0.05, 0) is 152 Å². The highest BCUT2D eigenvalue weighted by Gasteiger charge is 2.37. The summed E-state index contributed by atoms with van der Waals surface area (Å²) in [6, 6.07) is 27.0. The molecule has 0 aromatic heterocycles. The number of alkyl carbamates (subject to hydrolysis) is 2. The van der Waals surface area contributed by atoms with E-state index in [4.69, 9.17) is 29.4 Å². The van der Waals surface area contributed by atoms with E-state index in [1.54, 1.807) is 110 Å². The van der Waals surface area contributed by atoms with Gasteiger partial charge in [0.05, 0.1) is 35.9 Å². The van der Waals surface area contributed by atoms with Crippen molar-refractivity contribution in [2.45, 2.75) is 168 Å². The Morgan fingerprint density at radius 2 is 1.10 bits per heavy atom. The summed E-state index contributed by atoms with van der Waals surface area (Å²) in [4.78, 5) is 203. The van der Waals surface area contributed by atoms with Crippen molar-refractivity contribution in [2.24, 2.45) is 21.9 Å². The van der Waals surface area contributed by atoms with Crippen molar-refractivity contribution in [3.63, 3.8) is 0 Å². The van der Waals surface area contributed by atoms with E-state index in [1.807, 2.05) is 60.4 Å². The molecule has 0 saturated carbocycles. The summed E-state index contributed by atoms with van der Waals surface area (Å²) in [5, 5.41) is 43.5. The summed E-state index contributed by atoms with van der Waals surface area (Å²) in [7, 11) is 0. The number of esters is 2. The number of nitrogens with two attached hydrogens (primary N) is 1. The smallest absolute Gasteiger partial charge is 0.410 e. The van der Waals surface area contributed by atoms with Crippen molar-refractivity contribution in [1.29, 1.82) is 0 Å². The van der Waals surface area contributed by atoms with Crippen LogP contribution in [0.5, 0.6) is 0 Å². The Hall–Kier alpha value is -13.1. The Kier molecular flexibility index (Phi) is 35.3. The highest BCUT2D eigenvalue weighted by molar-refractivity contribution is 5.97. The molecule has 12 amide bonds. The number of nitrogens with one attached hydrogen (secondary N) is 10. The van der Waals surface area contributed by atoms with Crippen LogP contribution in [-0.4, -0.2) is 206 Å². The number of amides is 12. The molecule has 117 heavy (non-hydrogen) atoms. The molecule has 1 aliphatic rings. The van der Waals surface area contributed by atoms with Gasteiger partial charge in [0.1, 0.15) is 73.3 Å². The fourth-order valence-electron chi connectivity index (χ4n) is 11.6. The van der Waals surface area contributed by atoms with Crippen LogP contribution in [-0.2, 0) is 83.0 Å². The molecule has 5 aromatic carbocycles. The third-order valence-corrected chi connectivity index (χ3v) is 17.4.